The van der Waals surface area contributed by atoms with E-state index in [4.69, 9.17) is 21.3 Å². The molecule has 0 aliphatic heterocycles. The number of hydrogen-bond acceptors (Lipinski definition) is 8. The normalized spacial score (nSPS) is 12.5. The minimum absolute atomic E-state index is 0.178. The van der Waals surface area contributed by atoms with E-state index in [1.54, 1.807) is 0 Å². The molecule has 11 nitrogen and oxygen atoms in total. The van der Waals surface area contributed by atoms with Gasteiger partial charge in [0.05, 0.1) is 15.5 Å². The van der Waals surface area contributed by atoms with Gasteiger partial charge in [-0.2, -0.15) is 16.8 Å². The molecule has 31 heavy (non-hydrogen) atoms. The van der Waals surface area contributed by atoms with Crippen LogP contribution in [0.1, 0.15) is 10.4 Å². The molecule has 3 rings (SSSR count). The zero-order chi connectivity index (χ0) is 23.1. The van der Waals surface area contributed by atoms with Crippen LogP contribution in [0.5, 0.6) is 5.75 Å². The van der Waals surface area contributed by atoms with Crippen LogP contribution in [-0.2, 0) is 20.2 Å². The maximum Gasteiger partial charge on any atom is 0.337 e. The summed E-state index contributed by atoms with van der Waals surface area (Å²) in [5, 5.41) is 26.6. The van der Waals surface area contributed by atoms with Crippen LogP contribution in [0.25, 0.3) is 10.8 Å². The molecule has 0 bridgehead atoms. The lowest BCUT2D eigenvalue weighted by molar-refractivity contribution is 0.0697. The quantitative estimate of drug-likeness (QED) is 0.306. The zero-order valence-electron chi connectivity index (χ0n) is 15.0. The summed E-state index contributed by atoms with van der Waals surface area (Å²) in [7, 11) is -9.36. The molecule has 0 atom stereocenters. The molecule has 14 heteroatoms. The second-order valence-electron chi connectivity index (χ2n) is 6.07. The molecule has 0 radical (unpaired) electrons. The van der Waals surface area contributed by atoms with E-state index in [-0.39, 0.29) is 16.5 Å². The maximum atomic E-state index is 11.6. The highest BCUT2D eigenvalue weighted by Gasteiger charge is 2.21. The molecule has 0 aromatic heterocycles. The predicted molar refractivity (Wildman–Crippen MR) is 108 cm³/mol. The largest absolute Gasteiger partial charge is 0.506 e. The molecule has 0 amide bonds. The van der Waals surface area contributed by atoms with Gasteiger partial charge >= 0.3 is 5.97 Å². The first-order chi connectivity index (χ1) is 14.3. The highest BCUT2D eigenvalue weighted by molar-refractivity contribution is 7.86. The van der Waals surface area contributed by atoms with Crippen molar-refractivity contribution in [3.8, 4) is 5.75 Å². The molecular formula is C17H11ClN2O9S2. The fraction of sp³-hybridized carbons (Fsp3) is 0. The Morgan fingerprint density at radius 3 is 2.16 bits per heavy atom. The van der Waals surface area contributed by atoms with Crippen LogP contribution >= 0.6 is 11.6 Å². The Hall–Kier alpha value is -3.10. The lowest BCUT2D eigenvalue weighted by atomic mass is 10.1. The number of phenols is 1. The SMILES string of the molecule is O=C(O)c1cc(N=Nc2c(O)ccc3cc(S(=O)(=O)O)ccc23)c(S(=O)(=O)O)cc1Cl. The Morgan fingerprint density at radius 2 is 1.58 bits per heavy atom. The zero-order valence-corrected chi connectivity index (χ0v) is 17.3. The van der Waals surface area contributed by atoms with Gasteiger partial charge in [-0.3, -0.25) is 9.11 Å². The molecular weight excluding hydrogens is 476 g/mol. The summed E-state index contributed by atoms with van der Waals surface area (Å²) < 4.78 is 64.4. The van der Waals surface area contributed by atoms with Crippen LogP contribution in [0.4, 0.5) is 11.4 Å². The molecule has 0 unspecified atom stereocenters. The number of nitrogens with zero attached hydrogens (tertiary/aromatic N) is 2. The lowest BCUT2D eigenvalue weighted by Gasteiger charge is -2.07. The van der Waals surface area contributed by atoms with E-state index in [1.165, 1.54) is 12.1 Å². The molecule has 162 valence electrons. The number of fused-ring (bicyclic) bond motifs is 1. The number of carboxylic acid groups (broad SMARTS) is 1. The third-order valence-corrected chi connectivity index (χ3v) is 6.10. The topological polar surface area (TPSA) is 191 Å². The second kappa shape index (κ2) is 7.86. The lowest BCUT2D eigenvalue weighted by Crippen LogP contribution is -2.03. The molecule has 0 saturated carbocycles. The number of azo groups is 1. The molecule has 0 fully saturated rings. The van der Waals surface area contributed by atoms with Crippen LogP contribution < -0.4 is 0 Å². The highest BCUT2D eigenvalue weighted by Crippen LogP contribution is 2.38. The average Bonchev–Trinajstić information content (AvgIpc) is 2.65. The number of rotatable bonds is 5. The van der Waals surface area contributed by atoms with Crippen molar-refractivity contribution in [3.05, 3.63) is 53.1 Å². The summed E-state index contributed by atoms with van der Waals surface area (Å²) in [5.74, 6) is -1.91. The number of hydrogen-bond donors (Lipinski definition) is 4. The first-order valence-electron chi connectivity index (χ1n) is 7.98. The van der Waals surface area contributed by atoms with Gasteiger partial charge in [-0.05, 0) is 35.7 Å². The molecule has 0 aliphatic rings. The van der Waals surface area contributed by atoms with Gasteiger partial charge in [-0.25, -0.2) is 4.79 Å². The smallest absolute Gasteiger partial charge is 0.337 e. The Kier molecular flexibility index (Phi) is 5.73. The fourth-order valence-electron chi connectivity index (χ4n) is 2.64. The number of carboxylic acids is 1. The Bertz CT molecular complexity index is 1480. The van der Waals surface area contributed by atoms with Crippen molar-refractivity contribution in [3.63, 3.8) is 0 Å². The second-order valence-corrected chi connectivity index (χ2v) is 9.29. The van der Waals surface area contributed by atoms with Crippen LogP contribution in [0.3, 0.4) is 0 Å². The van der Waals surface area contributed by atoms with Crippen molar-refractivity contribution in [2.45, 2.75) is 9.79 Å². The van der Waals surface area contributed by atoms with Crippen LogP contribution in [0.15, 0.2) is 62.5 Å². The van der Waals surface area contributed by atoms with E-state index in [0.717, 1.165) is 24.3 Å². The van der Waals surface area contributed by atoms with Gasteiger partial charge in [0.15, 0.2) is 0 Å². The number of aromatic carboxylic acids is 1. The predicted octanol–water partition coefficient (Wildman–Crippen LogP) is 3.81. The number of halogens is 1. The standard InChI is InChI=1S/C17H11ClN2O9S2/c18-12-7-15(31(27,28)29)13(6-11(12)17(22)23)19-20-16-10-3-2-9(30(24,25)26)5-8(10)1-4-14(16)21/h1-7,21H,(H,22,23)(H,24,25,26)(H,27,28,29). The van der Waals surface area contributed by atoms with Gasteiger partial charge < -0.3 is 10.2 Å². The van der Waals surface area contributed by atoms with Gasteiger partial charge in [0.1, 0.15) is 22.0 Å². The summed E-state index contributed by atoms with van der Waals surface area (Å²) in [6.07, 6.45) is 0. The summed E-state index contributed by atoms with van der Waals surface area (Å²) in [4.78, 5) is 10.0. The monoisotopic (exact) mass is 486 g/mol. The molecule has 4 N–H and O–H groups in total. The molecule has 3 aromatic rings. The molecule has 3 aromatic carbocycles. The van der Waals surface area contributed by atoms with Crippen molar-refractivity contribution in [2.75, 3.05) is 0 Å². The van der Waals surface area contributed by atoms with Gasteiger partial charge in [0.25, 0.3) is 20.2 Å². The van der Waals surface area contributed by atoms with E-state index in [0.29, 0.717) is 6.07 Å². The first kappa shape index (κ1) is 22.6. The average molecular weight is 487 g/mol. The summed E-state index contributed by atoms with van der Waals surface area (Å²) in [5.41, 5.74) is -1.30. The maximum absolute atomic E-state index is 11.6. The summed E-state index contributed by atoms with van der Waals surface area (Å²) >= 11 is 5.74. The Morgan fingerprint density at radius 1 is 0.903 bits per heavy atom. The van der Waals surface area contributed by atoms with Crippen molar-refractivity contribution >= 4 is 60.0 Å². The van der Waals surface area contributed by atoms with Gasteiger partial charge in [-0.15, -0.1) is 10.2 Å². The molecule has 0 aliphatic carbocycles. The minimum atomic E-state index is -4.87. The van der Waals surface area contributed by atoms with Crippen LogP contribution in [0.2, 0.25) is 5.02 Å². The number of phenolic OH excluding ortho intramolecular Hbond substituents is 1. The van der Waals surface area contributed by atoms with Crippen molar-refractivity contribution < 1.29 is 40.9 Å². The van der Waals surface area contributed by atoms with Gasteiger partial charge in [-0.1, -0.05) is 23.7 Å². The van der Waals surface area contributed by atoms with Crippen molar-refractivity contribution in [2.24, 2.45) is 10.2 Å². The Labute approximate surface area is 179 Å². The molecule has 0 heterocycles. The molecule has 0 spiro atoms. The van der Waals surface area contributed by atoms with Crippen molar-refractivity contribution in [1.29, 1.82) is 0 Å². The third-order valence-electron chi connectivity index (χ3n) is 4.05. The van der Waals surface area contributed by atoms with Crippen molar-refractivity contribution in [1.82, 2.24) is 0 Å². The summed E-state index contributed by atoms with van der Waals surface area (Å²) in [6.45, 7) is 0. The van der Waals surface area contributed by atoms with Crippen LogP contribution in [0, 0.1) is 0 Å². The summed E-state index contributed by atoms with van der Waals surface area (Å²) in [6, 6.07) is 7.33. The number of carbonyl (C=O) groups is 1. The number of benzene rings is 3. The van der Waals surface area contributed by atoms with E-state index in [1.807, 2.05) is 0 Å². The van der Waals surface area contributed by atoms with E-state index in [9.17, 15) is 31.3 Å². The fourth-order valence-corrected chi connectivity index (χ4v) is 4.10. The van der Waals surface area contributed by atoms with E-state index < -0.39 is 58.0 Å². The first-order valence-corrected chi connectivity index (χ1v) is 11.2. The van der Waals surface area contributed by atoms with Crippen LogP contribution in [-0.4, -0.2) is 42.1 Å². The van der Waals surface area contributed by atoms with Gasteiger partial charge in [0.2, 0.25) is 0 Å². The van der Waals surface area contributed by atoms with E-state index >= 15 is 0 Å². The third kappa shape index (κ3) is 4.65. The Balaban J connectivity index is 2.23. The minimum Gasteiger partial charge on any atom is -0.506 e. The number of aromatic hydroxyl groups is 1. The molecule has 0 saturated heterocycles. The van der Waals surface area contributed by atoms with Gasteiger partial charge in [0, 0.05) is 5.39 Å². The highest BCUT2D eigenvalue weighted by atomic mass is 35.5. The van der Waals surface area contributed by atoms with E-state index in [2.05, 4.69) is 10.2 Å².